The van der Waals surface area contributed by atoms with E-state index in [1.54, 1.807) is 13.0 Å². The first-order valence-corrected chi connectivity index (χ1v) is 12.3. The van der Waals surface area contributed by atoms with Crippen LogP contribution in [0.5, 0.6) is 11.5 Å². The fraction of sp³-hybridized carbons (Fsp3) is 0.367. The van der Waals surface area contributed by atoms with Crippen molar-refractivity contribution < 1.29 is 23.0 Å². The molecule has 3 nitrogen and oxygen atoms in total. The van der Waals surface area contributed by atoms with Crippen LogP contribution in [0.15, 0.2) is 54.6 Å². The number of rotatable bonds is 8. The highest BCUT2D eigenvalue weighted by Gasteiger charge is 2.37. The molecule has 0 saturated heterocycles. The molecule has 0 radical (unpaired) electrons. The van der Waals surface area contributed by atoms with Gasteiger partial charge in [0.15, 0.2) is 0 Å². The molecule has 1 fully saturated rings. The van der Waals surface area contributed by atoms with Gasteiger partial charge < -0.3 is 9.47 Å². The first kappa shape index (κ1) is 23.5. The topological polar surface area (TPSA) is 35.5 Å². The number of halogens is 2. The third-order valence-electron chi connectivity index (χ3n) is 7.58. The van der Waals surface area contributed by atoms with E-state index in [9.17, 15) is 9.18 Å². The molecule has 1 saturated carbocycles. The van der Waals surface area contributed by atoms with Crippen molar-refractivity contribution in [3.8, 4) is 22.6 Å². The number of fused-ring (bicyclic) bond motifs is 1. The summed E-state index contributed by atoms with van der Waals surface area (Å²) in [5, 5.41) is 0. The van der Waals surface area contributed by atoms with Crippen LogP contribution in [0.1, 0.15) is 61.8 Å². The summed E-state index contributed by atoms with van der Waals surface area (Å²) in [6.45, 7) is 3.67. The molecule has 0 amide bonds. The highest BCUT2D eigenvalue weighted by molar-refractivity contribution is 5.79. The zero-order chi connectivity index (χ0) is 24.7. The Kier molecular flexibility index (Phi) is 6.35. The van der Waals surface area contributed by atoms with Gasteiger partial charge in [0.25, 0.3) is 0 Å². The maximum Gasteiger partial charge on any atom is 0.134 e. The summed E-state index contributed by atoms with van der Waals surface area (Å²) in [4.78, 5) is 12.1. The van der Waals surface area contributed by atoms with Gasteiger partial charge in [-0.2, -0.15) is 0 Å². The van der Waals surface area contributed by atoms with Crippen LogP contribution in [-0.2, 0) is 11.2 Å². The van der Waals surface area contributed by atoms with Gasteiger partial charge in [-0.15, -0.1) is 0 Å². The van der Waals surface area contributed by atoms with Gasteiger partial charge in [0, 0.05) is 17.0 Å². The number of carbonyl (C=O) groups is 1. The summed E-state index contributed by atoms with van der Waals surface area (Å²) in [6, 6.07) is 15.8. The second kappa shape index (κ2) is 9.44. The van der Waals surface area contributed by atoms with Crippen LogP contribution < -0.4 is 9.47 Å². The summed E-state index contributed by atoms with van der Waals surface area (Å²) in [6.07, 6.45) is 3.20. The predicted octanol–water partition coefficient (Wildman–Crippen LogP) is 7.43. The lowest BCUT2D eigenvalue weighted by Crippen LogP contribution is -2.19. The average Bonchev–Trinajstić information content (AvgIpc) is 3.60. The lowest BCUT2D eigenvalue weighted by atomic mass is 9.81. The molecule has 3 aromatic rings. The number of methoxy groups -OCH3 is 1. The molecule has 0 aromatic heterocycles. The summed E-state index contributed by atoms with van der Waals surface area (Å²) in [5.41, 5.74) is 2.92. The Hall–Kier alpha value is -3.21. The fourth-order valence-electron chi connectivity index (χ4n) is 5.43. The molecule has 5 rings (SSSR count). The van der Waals surface area contributed by atoms with E-state index in [-0.39, 0.29) is 34.8 Å². The van der Waals surface area contributed by atoms with Crippen molar-refractivity contribution in [3.63, 3.8) is 0 Å². The van der Waals surface area contributed by atoms with E-state index in [2.05, 4.69) is 6.07 Å². The van der Waals surface area contributed by atoms with Gasteiger partial charge in [0.2, 0.25) is 0 Å². The monoisotopic (exact) mass is 476 g/mol. The molecular formula is C30H30F2O3. The second-order valence-corrected chi connectivity index (χ2v) is 9.82. The van der Waals surface area contributed by atoms with Gasteiger partial charge in [0.1, 0.15) is 35.0 Å². The minimum Gasteiger partial charge on any atom is -0.497 e. The number of hydrogen-bond acceptors (Lipinski definition) is 3. The first-order chi connectivity index (χ1) is 16.9. The minimum atomic E-state index is -0.489. The maximum atomic E-state index is 15.5. The van der Waals surface area contributed by atoms with Crippen LogP contribution in [0.2, 0.25) is 0 Å². The normalized spacial score (nSPS) is 18.6. The molecule has 3 aromatic carbocycles. The van der Waals surface area contributed by atoms with E-state index >= 15 is 4.39 Å². The van der Waals surface area contributed by atoms with E-state index in [0.717, 1.165) is 29.7 Å². The molecule has 3 atom stereocenters. The first-order valence-electron chi connectivity index (χ1n) is 12.3. The minimum absolute atomic E-state index is 0.0329. The van der Waals surface area contributed by atoms with Crippen molar-refractivity contribution >= 4 is 5.78 Å². The Labute approximate surface area is 205 Å². The Bertz CT molecular complexity index is 1260. The molecule has 35 heavy (non-hydrogen) atoms. The van der Waals surface area contributed by atoms with Crippen LogP contribution in [0.3, 0.4) is 0 Å². The number of Topliss-reactive ketones (excluding diaryl/α,β-unsaturated/α-hetero) is 1. The quantitative estimate of drug-likeness (QED) is 0.339. The van der Waals surface area contributed by atoms with E-state index in [1.165, 1.54) is 25.3 Å². The molecule has 0 bridgehead atoms. The number of hydrogen-bond donors (Lipinski definition) is 0. The zero-order valence-corrected chi connectivity index (χ0v) is 20.3. The van der Waals surface area contributed by atoms with Crippen LogP contribution >= 0.6 is 0 Å². The van der Waals surface area contributed by atoms with Gasteiger partial charge in [-0.1, -0.05) is 31.2 Å². The Balaban J connectivity index is 1.41. The molecule has 0 aliphatic heterocycles. The Morgan fingerprint density at radius 3 is 2.49 bits per heavy atom. The highest BCUT2D eigenvalue weighted by Crippen LogP contribution is 2.48. The van der Waals surface area contributed by atoms with E-state index < -0.39 is 11.6 Å². The summed E-state index contributed by atoms with van der Waals surface area (Å²) in [7, 11) is 1.50. The van der Waals surface area contributed by atoms with Crippen molar-refractivity contribution in [2.24, 2.45) is 11.8 Å². The van der Waals surface area contributed by atoms with Crippen LogP contribution in [-0.4, -0.2) is 12.9 Å². The number of ketones is 1. The standard InChI is InChI=1S/C30H30F2O3/c1-17(18(2)33)29(19-7-8-19)20-5-4-6-22(15-20)35-28-14-12-24-23(28)10-11-25(30(24)32)26-16-21(34-3)9-13-27(26)31/h4-6,9-11,13,15-17,19,28-29H,7-8,12,14H2,1-3H3/t17-,28-,29+/m1/s1. The maximum absolute atomic E-state index is 15.5. The van der Waals surface area contributed by atoms with Crippen molar-refractivity contribution in [1.29, 1.82) is 0 Å². The lowest BCUT2D eigenvalue weighted by Gasteiger charge is -2.23. The van der Waals surface area contributed by atoms with E-state index in [1.807, 2.05) is 31.2 Å². The molecule has 2 aliphatic carbocycles. The summed E-state index contributed by atoms with van der Waals surface area (Å²) in [5.74, 6) is 1.23. The SMILES string of the molecule is COc1ccc(F)c(-c2ccc3c(c2F)CC[C@H]3Oc2cccc([C@H](C3CC3)[C@H](C)C(C)=O)c2)c1. The van der Waals surface area contributed by atoms with Crippen molar-refractivity contribution in [2.45, 2.75) is 51.6 Å². The van der Waals surface area contributed by atoms with Crippen LogP contribution in [0.4, 0.5) is 8.78 Å². The smallest absolute Gasteiger partial charge is 0.134 e. The van der Waals surface area contributed by atoms with Gasteiger partial charge in [0.05, 0.1) is 7.11 Å². The average molecular weight is 477 g/mol. The predicted molar refractivity (Wildman–Crippen MR) is 132 cm³/mol. The fourth-order valence-corrected chi connectivity index (χ4v) is 5.43. The Morgan fingerprint density at radius 2 is 1.77 bits per heavy atom. The second-order valence-electron chi connectivity index (χ2n) is 9.82. The van der Waals surface area contributed by atoms with Crippen molar-refractivity contribution in [2.75, 3.05) is 7.11 Å². The lowest BCUT2D eigenvalue weighted by molar-refractivity contribution is -0.121. The summed E-state index contributed by atoms with van der Waals surface area (Å²) >= 11 is 0. The van der Waals surface area contributed by atoms with Crippen LogP contribution in [0, 0.1) is 23.5 Å². The molecule has 0 heterocycles. The third kappa shape index (κ3) is 4.56. The third-order valence-corrected chi connectivity index (χ3v) is 7.58. The number of carbonyl (C=O) groups excluding carboxylic acids is 1. The molecule has 2 aliphatic rings. The molecule has 0 N–H and O–H groups in total. The highest BCUT2D eigenvalue weighted by atomic mass is 19.1. The molecule has 182 valence electrons. The van der Waals surface area contributed by atoms with Crippen LogP contribution in [0.25, 0.3) is 11.1 Å². The largest absolute Gasteiger partial charge is 0.497 e. The molecule has 0 unspecified atom stereocenters. The number of ether oxygens (including phenoxy) is 2. The van der Waals surface area contributed by atoms with Gasteiger partial charge in [-0.25, -0.2) is 8.78 Å². The van der Waals surface area contributed by atoms with Crippen molar-refractivity contribution in [1.82, 2.24) is 0 Å². The van der Waals surface area contributed by atoms with E-state index in [4.69, 9.17) is 9.47 Å². The molecule has 5 heteroatoms. The van der Waals surface area contributed by atoms with Crippen molar-refractivity contribution in [3.05, 3.63) is 82.9 Å². The van der Waals surface area contributed by atoms with Gasteiger partial charge in [-0.05, 0) is 91.5 Å². The van der Waals surface area contributed by atoms with E-state index in [0.29, 0.717) is 30.1 Å². The van der Waals surface area contributed by atoms with Gasteiger partial charge >= 0.3 is 0 Å². The zero-order valence-electron chi connectivity index (χ0n) is 20.3. The molecule has 0 spiro atoms. The number of benzene rings is 3. The van der Waals surface area contributed by atoms with Gasteiger partial charge in [-0.3, -0.25) is 4.79 Å². The summed E-state index contributed by atoms with van der Waals surface area (Å²) < 4.78 is 41.6. The molecular weight excluding hydrogens is 446 g/mol. The Morgan fingerprint density at radius 1 is 0.971 bits per heavy atom.